The normalized spacial score (nSPS) is 18.0. The summed E-state index contributed by atoms with van der Waals surface area (Å²) in [7, 11) is -1.49. The topological polar surface area (TPSA) is 98.7 Å². The molecule has 0 radical (unpaired) electrons. The number of aromatic nitrogens is 2. The maximum atomic E-state index is 13.3. The highest BCUT2D eigenvalue weighted by Gasteiger charge is 2.33. The van der Waals surface area contributed by atoms with Gasteiger partial charge in [-0.25, -0.2) is 22.7 Å². The Bertz CT molecular complexity index is 1180. The van der Waals surface area contributed by atoms with Crippen LogP contribution in [0.3, 0.4) is 0 Å². The lowest BCUT2D eigenvalue weighted by Crippen LogP contribution is -2.52. The second kappa shape index (κ2) is 12.5. The van der Waals surface area contributed by atoms with Gasteiger partial charge in [0, 0.05) is 49.4 Å². The molecule has 37 heavy (non-hydrogen) atoms. The van der Waals surface area contributed by atoms with Crippen LogP contribution in [0.1, 0.15) is 54.7 Å². The molecular formula is C26H39ClN6O3S. The van der Waals surface area contributed by atoms with E-state index in [1.807, 2.05) is 36.1 Å². The number of halogens is 1. The predicted molar refractivity (Wildman–Crippen MR) is 148 cm³/mol. The SMILES string of the molecule is C.Cc1c(NCc2cccc(Cl)c2)ncnc1C(=O)N1CCC(N2CCC(N(C)S(C)(=O)=O)CC2)CC1. The zero-order chi connectivity index (χ0) is 25.9. The van der Waals surface area contributed by atoms with E-state index >= 15 is 0 Å². The number of nitrogens with zero attached hydrogens (tertiary/aromatic N) is 5. The molecule has 0 bridgehead atoms. The quantitative estimate of drug-likeness (QED) is 0.562. The molecule has 2 aliphatic rings. The van der Waals surface area contributed by atoms with Crippen molar-refractivity contribution in [2.75, 3.05) is 44.8 Å². The largest absolute Gasteiger partial charge is 0.366 e. The first-order valence-corrected chi connectivity index (χ1v) is 14.6. The van der Waals surface area contributed by atoms with E-state index in [2.05, 4.69) is 20.2 Å². The number of benzene rings is 1. The van der Waals surface area contributed by atoms with E-state index in [1.165, 1.54) is 16.9 Å². The first-order chi connectivity index (χ1) is 17.1. The molecule has 0 atom stereocenters. The van der Waals surface area contributed by atoms with Gasteiger partial charge in [0.15, 0.2) is 0 Å². The Labute approximate surface area is 226 Å². The van der Waals surface area contributed by atoms with E-state index < -0.39 is 10.0 Å². The van der Waals surface area contributed by atoms with E-state index in [-0.39, 0.29) is 19.4 Å². The Hall–Kier alpha value is -2.27. The molecule has 1 N–H and O–H groups in total. The number of hydrogen-bond acceptors (Lipinski definition) is 7. The summed E-state index contributed by atoms with van der Waals surface area (Å²) in [5.41, 5.74) is 2.20. The first kappa shape index (κ1) is 29.3. The summed E-state index contributed by atoms with van der Waals surface area (Å²) in [5, 5.41) is 3.98. The standard InChI is InChI=1S/C25H35ClN6O3S.CH4/c1-18-23(28-17-29-24(18)27-16-19-5-4-6-20(26)15-19)25(33)32-13-9-22(10-14-32)31-11-7-21(8-12-31)30(2)36(3,34)35;/h4-6,15,17,21-22H,7-14,16H2,1-3H3,(H,27,28,29);1H4. The highest BCUT2D eigenvalue weighted by atomic mass is 35.5. The van der Waals surface area contributed by atoms with Gasteiger partial charge in [-0.1, -0.05) is 31.2 Å². The lowest BCUT2D eigenvalue weighted by Gasteiger charge is -2.43. The Morgan fingerprint density at radius 1 is 1.14 bits per heavy atom. The molecule has 1 aromatic heterocycles. The molecule has 2 aromatic rings. The van der Waals surface area contributed by atoms with E-state index in [0.717, 1.165) is 49.9 Å². The van der Waals surface area contributed by atoms with Gasteiger partial charge in [-0.15, -0.1) is 0 Å². The van der Waals surface area contributed by atoms with Gasteiger partial charge in [-0.3, -0.25) is 4.79 Å². The maximum Gasteiger partial charge on any atom is 0.272 e. The third-order valence-electron chi connectivity index (χ3n) is 7.44. The van der Waals surface area contributed by atoms with E-state index in [0.29, 0.717) is 42.2 Å². The van der Waals surface area contributed by atoms with Gasteiger partial charge in [-0.05, 0) is 63.4 Å². The van der Waals surface area contributed by atoms with Crippen molar-refractivity contribution >= 4 is 33.3 Å². The number of amides is 1. The lowest BCUT2D eigenvalue weighted by molar-refractivity contribution is 0.0542. The molecule has 9 nitrogen and oxygen atoms in total. The number of piperidine rings is 2. The molecule has 1 amide bonds. The van der Waals surface area contributed by atoms with E-state index in [4.69, 9.17) is 11.6 Å². The molecule has 11 heteroatoms. The zero-order valence-electron chi connectivity index (χ0n) is 21.2. The average molecular weight is 551 g/mol. The van der Waals surface area contributed by atoms with Gasteiger partial charge < -0.3 is 15.1 Å². The van der Waals surface area contributed by atoms with Crippen molar-refractivity contribution in [1.29, 1.82) is 0 Å². The van der Waals surface area contributed by atoms with Crippen LogP contribution in [-0.2, 0) is 16.6 Å². The molecular weight excluding hydrogens is 512 g/mol. The van der Waals surface area contributed by atoms with Crippen LogP contribution in [0, 0.1) is 6.92 Å². The zero-order valence-corrected chi connectivity index (χ0v) is 22.7. The third kappa shape index (κ3) is 7.19. The molecule has 2 saturated heterocycles. The van der Waals surface area contributed by atoms with Crippen LogP contribution in [0.2, 0.25) is 5.02 Å². The van der Waals surface area contributed by atoms with Crippen LogP contribution in [0.5, 0.6) is 0 Å². The summed E-state index contributed by atoms with van der Waals surface area (Å²) >= 11 is 6.08. The fourth-order valence-electron chi connectivity index (χ4n) is 5.15. The fraction of sp³-hybridized carbons (Fsp3) is 0.577. The Kier molecular flexibility index (Phi) is 9.91. The Morgan fingerprint density at radius 3 is 2.43 bits per heavy atom. The summed E-state index contributed by atoms with van der Waals surface area (Å²) in [6.45, 7) is 5.56. The van der Waals surface area contributed by atoms with Crippen LogP contribution in [-0.4, -0.2) is 90.0 Å². The van der Waals surface area contributed by atoms with Gasteiger partial charge in [-0.2, -0.15) is 0 Å². The summed E-state index contributed by atoms with van der Waals surface area (Å²) in [4.78, 5) is 26.3. The molecule has 2 fully saturated rings. The lowest BCUT2D eigenvalue weighted by atomic mass is 9.97. The summed E-state index contributed by atoms with van der Waals surface area (Å²) in [6.07, 6.45) is 6.20. The van der Waals surface area contributed by atoms with E-state index in [1.54, 1.807) is 7.05 Å². The Morgan fingerprint density at radius 2 is 1.81 bits per heavy atom. The number of carbonyl (C=O) groups is 1. The molecule has 1 aromatic carbocycles. The van der Waals surface area contributed by atoms with Crippen LogP contribution < -0.4 is 5.32 Å². The number of carbonyl (C=O) groups excluding carboxylic acids is 1. The minimum atomic E-state index is -3.16. The van der Waals surface area contributed by atoms with Crippen molar-refractivity contribution in [1.82, 2.24) is 24.1 Å². The van der Waals surface area contributed by atoms with Gasteiger partial charge in [0.1, 0.15) is 17.8 Å². The Balaban J connectivity index is 0.00000380. The number of hydrogen-bond donors (Lipinski definition) is 1. The van der Waals surface area contributed by atoms with Crippen LogP contribution in [0.15, 0.2) is 30.6 Å². The minimum absolute atomic E-state index is 0. The van der Waals surface area contributed by atoms with Crippen molar-refractivity contribution in [2.24, 2.45) is 0 Å². The molecule has 204 valence electrons. The average Bonchev–Trinajstić information content (AvgIpc) is 2.87. The van der Waals surface area contributed by atoms with Crippen molar-refractivity contribution in [3.63, 3.8) is 0 Å². The predicted octanol–water partition coefficient (Wildman–Crippen LogP) is 3.65. The molecule has 3 heterocycles. The molecule has 2 aliphatic heterocycles. The second-order valence-corrected chi connectivity index (χ2v) is 12.2. The number of sulfonamides is 1. The fourth-order valence-corrected chi connectivity index (χ4v) is 6.11. The van der Waals surface area contributed by atoms with Gasteiger partial charge in [0.05, 0.1) is 6.26 Å². The van der Waals surface area contributed by atoms with Crippen molar-refractivity contribution < 1.29 is 13.2 Å². The van der Waals surface area contributed by atoms with Crippen molar-refractivity contribution in [2.45, 2.75) is 58.7 Å². The molecule has 4 rings (SSSR count). The smallest absolute Gasteiger partial charge is 0.272 e. The van der Waals surface area contributed by atoms with Crippen LogP contribution in [0.25, 0.3) is 0 Å². The first-order valence-electron chi connectivity index (χ1n) is 12.4. The number of anilines is 1. The molecule has 0 aliphatic carbocycles. The van der Waals surface area contributed by atoms with E-state index in [9.17, 15) is 13.2 Å². The van der Waals surface area contributed by atoms with Crippen LogP contribution in [0.4, 0.5) is 5.82 Å². The van der Waals surface area contributed by atoms with Gasteiger partial charge in [0.2, 0.25) is 10.0 Å². The number of nitrogens with one attached hydrogen (secondary N) is 1. The van der Waals surface area contributed by atoms with Crippen molar-refractivity contribution in [3.05, 3.63) is 52.4 Å². The summed E-state index contributed by atoms with van der Waals surface area (Å²) in [6, 6.07) is 8.10. The summed E-state index contributed by atoms with van der Waals surface area (Å²) < 4.78 is 25.2. The monoisotopic (exact) mass is 550 g/mol. The second-order valence-electron chi connectivity index (χ2n) is 9.75. The molecule has 0 spiro atoms. The summed E-state index contributed by atoms with van der Waals surface area (Å²) in [5.74, 6) is 0.581. The van der Waals surface area contributed by atoms with Crippen LogP contribution >= 0.6 is 11.6 Å². The number of rotatable bonds is 7. The van der Waals surface area contributed by atoms with Gasteiger partial charge in [0.25, 0.3) is 5.91 Å². The highest BCUT2D eigenvalue weighted by molar-refractivity contribution is 7.88. The number of likely N-dealkylation sites (tertiary alicyclic amines) is 2. The molecule has 0 saturated carbocycles. The minimum Gasteiger partial charge on any atom is -0.366 e. The van der Waals surface area contributed by atoms with Gasteiger partial charge >= 0.3 is 0 Å². The van der Waals surface area contributed by atoms with Crippen molar-refractivity contribution in [3.8, 4) is 0 Å². The third-order valence-corrected chi connectivity index (χ3v) is 9.02. The maximum absolute atomic E-state index is 13.3. The molecule has 0 unspecified atom stereocenters. The highest BCUT2D eigenvalue weighted by Crippen LogP contribution is 2.25.